The summed E-state index contributed by atoms with van der Waals surface area (Å²) >= 11 is 0. The second-order valence-corrected chi connectivity index (χ2v) is 2.97. The van der Waals surface area contributed by atoms with Gasteiger partial charge < -0.3 is 0 Å². The third kappa shape index (κ3) is 4.83. The maximum absolute atomic E-state index is 5.36. The van der Waals surface area contributed by atoms with Crippen molar-refractivity contribution < 1.29 is 0 Å². The number of allylic oxidation sites excluding steroid dienone is 6. The van der Waals surface area contributed by atoms with Crippen molar-refractivity contribution in [3.05, 3.63) is 48.2 Å². The average Bonchev–Trinajstić information content (AvgIpc) is 2.25. The fraction of sp³-hybridized carbons (Fsp3) is 0.214. The topological polar surface area (TPSA) is 12.4 Å². The molecule has 1 heteroatoms. The molecule has 0 amide bonds. The first-order valence-corrected chi connectivity index (χ1v) is 4.79. The van der Waals surface area contributed by atoms with Gasteiger partial charge in [0.05, 0.1) is 0 Å². The van der Waals surface area contributed by atoms with E-state index in [0.29, 0.717) is 0 Å². The van der Waals surface area contributed by atoms with Gasteiger partial charge in [-0.25, -0.2) is 0 Å². The van der Waals surface area contributed by atoms with Gasteiger partial charge in [-0.15, -0.1) is 6.42 Å². The zero-order chi connectivity index (χ0) is 11.7. The molecule has 0 saturated carbocycles. The minimum atomic E-state index is 0.890. The van der Waals surface area contributed by atoms with Gasteiger partial charge in [-0.3, -0.25) is 4.99 Å². The van der Waals surface area contributed by atoms with Gasteiger partial charge in [0.25, 0.3) is 0 Å². The van der Waals surface area contributed by atoms with E-state index in [1.807, 2.05) is 32.9 Å². The van der Waals surface area contributed by atoms with E-state index in [9.17, 15) is 0 Å². The first-order valence-electron chi connectivity index (χ1n) is 4.79. The lowest BCUT2D eigenvalue weighted by atomic mass is 10.1. The van der Waals surface area contributed by atoms with Crippen LogP contribution in [0.3, 0.4) is 0 Å². The molecule has 1 nitrogen and oxygen atoms in total. The number of aliphatic imine (C=N–C) groups is 1. The largest absolute Gasteiger partial charge is 0.261 e. The van der Waals surface area contributed by atoms with Crippen LogP contribution in [0.1, 0.15) is 20.8 Å². The number of rotatable bonds is 4. The summed E-state index contributed by atoms with van der Waals surface area (Å²) in [6, 6.07) is 0. The van der Waals surface area contributed by atoms with Crippen molar-refractivity contribution >= 4 is 5.71 Å². The molecular formula is C14H17N. The van der Waals surface area contributed by atoms with E-state index >= 15 is 0 Å². The Bertz CT molecular complexity index is 371. The standard InChI is InChI=1S/C14H17N/c1-6-9-11-15-13(5)14(10-7-2)12(4)8-3/h3,6-7,9-11H,1H2,2,4-5H3/b10-7-,11-9-,14-12+,15-13-. The van der Waals surface area contributed by atoms with Gasteiger partial charge in [0, 0.05) is 23.1 Å². The zero-order valence-corrected chi connectivity index (χ0v) is 9.62. The number of nitrogens with zero attached hydrogens (tertiary/aromatic N) is 1. The second kappa shape index (κ2) is 7.58. The predicted octanol–water partition coefficient (Wildman–Crippen LogP) is 3.67. The summed E-state index contributed by atoms with van der Waals surface area (Å²) in [6.07, 6.45) is 14.5. The fourth-order valence-corrected chi connectivity index (χ4v) is 1.05. The van der Waals surface area contributed by atoms with Crippen LogP contribution in [0, 0.1) is 12.3 Å². The Hall–Kier alpha value is -1.81. The van der Waals surface area contributed by atoms with Gasteiger partial charge in [0.2, 0.25) is 0 Å². The molecule has 0 heterocycles. The lowest BCUT2D eigenvalue weighted by molar-refractivity contribution is 1.45. The molecule has 0 aromatic heterocycles. The van der Waals surface area contributed by atoms with Crippen LogP contribution >= 0.6 is 0 Å². The van der Waals surface area contributed by atoms with E-state index in [2.05, 4.69) is 17.5 Å². The summed E-state index contributed by atoms with van der Waals surface area (Å²) in [5.74, 6) is 2.62. The first-order chi connectivity index (χ1) is 7.17. The van der Waals surface area contributed by atoms with Gasteiger partial charge in [0.1, 0.15) is 0 Å². The van der Waals surface area contributed by atoms with Crippen molar-refractivity contribution in [3.63, 3.8) is 0 Å². The lowest BCUT2D eigenvalue weighted by Gasteiger charge is -2.02. The summed E-state index contributed by atoms with van der Waals surface area (Å²) in [5, 5.41) is 0. The van der Waals surface area contributed by atoms with Gasteiger partial charge >= 0.3 is 0 Å². The van der Waals surface area contributed by atoms with Crippen LogP contribution in [-0.4, -0.2) is 5.71 Å². The van der Waals surface area contributed by atoms with Crippen LogP contribution in [-0.2, 0) is 0 Å². The Morgan fingerprint density at radius 3 is 2.53 bits per heavy atom. The summed E-state index contributed by atoms with van der Waals surface area (Å²) < 4.78 is 0. The third-order valence-electron chi connectivity index (χ3n) is 1.83. The highest BCUT2D eigenvalue weighted by molar-refractivity contribution is 6.02. The molecule has 0 aliphatic rings. The molecule has 0 unspecified atom stereocenters. The van der Waals surface area contributed by atoms with E-state index in [-0.39, 0.29) is 0 Å². The van der Waals surface area contributed by atoms with Crippen LogP contribution in [0.25, 0.3) is 0 Å². The van der Waals surface area contributed by atoms with Crippen molar-refractivity contribution in [1.29, 1.82) is 0 Å². The summed E-state index contributed by atoms with van der Waals surface area (Å²) in [4.78, 5) is 4.26. The van der Waals surface area contributed by atoms with Gasteiger partial charge in [-0.2, -0.15) is 0 Å². The van der Waals surface area contributed by atoms with Crippen LogP contribution in [0.5, 0.6) is 0 Å². The second-order valence-electron chi connectivity index (χ2n) is 2.97. The summed E-state index contributed by atoms with van der Waals surface area (Å²) in [7, 11) is 0. The Morgan fingerprint density at radius 1 is 1.40 bits per heavy atom. The Balaban J connectivity index is 5.14. The van der Waals surface area contributed by atoms with E-state index in [4.69, 9.17) is 6.42 Å². The molecule has 0 aromatic rings. The van der Waals surface area contributed by atoms with Gasteiger partial charge in [-0.05, 0) is 26.8 Å². The molecule has 0 rings (SSSR count). The van der Waals surface area contributed by atoms with Crippen LogP contribution in [0.2, 0.25) is 0 Å². The fourth-order valence-electron chi connectivity index (χ4n) is 1.05. The molecule has 0 radical (unpaired) electrons. The molecule has 0 N–H and O–H groups in total. The molecule has 0 bridgehead atoms. The Labute approximate surface area is 92.6 Å². The van der Waals surface area contributed by atoms with Crippen LogP contribution in [0.15, 0.2) is 53.2 Å². The minimum Gasteiger partial charge on any atom is -0.261 e. The molecular weight excluding hydrogens is 182 g/mol. The molecule has 0 spiro atoms. The highest BCUT2D eigenvalue weighted by Gasteiger charge is 1.99. The Kier molecular flexibility index (Phi) is 6.67. The number of terminal acetylenes is 1. The molecule has 15 heavy (non-hydrogen) atoms. The average molecular weight is 199 g/mol. The maximum Gasteiger partial charge on any atom is 0.0453 e. The van der Waals surface area contributed by atoms with Crippen molar-refractivity contribution in [2.45, 2.75) is 20.8 Å². The third-order valence-corrected chi connectivity index (χ3v) is 1.83. The van der Waals surface area contributed by atoms with Crippen LogP contribution < -0.4 is 0 Å². The minimum absolute atomic E-state index is 0.890. The van der Waals surface area contributed by atoms with E-state index < -0.39 is 0 Å². The monoisotopic (exact) mass is 199 g/mol. The highest BCUT2D eigenvalue weighted by atomic mass is 14.7. The quantitative estimate of drug-likeness (QED) is 0.372. The van der Waals surface area contributed by atoms with Crippen LogP contribution in [0.4, 0.5) is 0 Å². The van der Waals surface area contributed by atoms with Crippen molar-refractivity contribution in [2.75, 3.05) is 0 Å². The molecule has 0 aromatic carbocycles. The summed E-state index contributed by atoms with van der Waals surface area (Å²) in [5.41, 5.74) is 2.79. The lowest BCUT2D eigenvalue weighted by Crippen LogP contribution is -1.96. The predicted molar refractivity (Wildman–Crippen MR) is 68.8 cm³/mol. The molecule has 0 fully saturated rings. The number of hydrogen-bond donors (Lipinski definition) is 0. The van der Waals surface area contributed by atoms with Gasteiger partial charge in [0.15, 0.2) is 0 Å². The molecule has 0 aliphatic carbocycles. The Morgan fingerprint density at radius 2 is 2.07 bits per heavy atom. The summed E-state index contributed by atoms with van der Waals surface area (Å²) in [6.45, 7) is 9.37. The van der Waals surface area contributed by atoms with E-state index in [1.54, 1.807) is 18.4 Å². The van der Waals surface area contributed by atoms with E-state index in [1.165, 1.54) is 0 Å². The maximum atomic E-state index is 5.36. The molecule has 0 aliphatic heterocycles. The first kappa shape index (κ1) is 13.2. The van der Waals surface area contributed by atoms with Gasteiger partial charge in [-0.1, -0.05) is 30.7 Å². The van der Waals surface area contributed by atoms with Crippen molar-refractivity contribution in [1.82, 2.24) is 0 Å². The molecule has 0 atom stereocenters. The highest BCUT2D eigenvalue weighted by Crippen LogP contribution is 2.08. The van der Waals surface area contributed by atoms with E-state index in [0.717, 1.165) is 16.9 Å². The van der Waals surface area contributed by atoms with Crippen molar-refractivity contribution in [2.24, 2.45) is 4.99 Å². The smallest absolute Gasteiger partial charge is 0.0453 e. The normalized spacial score (nSPS) is 14.1. The number of hydrogen-bond acceptors (Lipinski definition) is 1. The van der Waals surface area contributed by atoms with Crippen molar-refractivity contribution in [3.8, 4) is 12.3 Å². The SMILES string of the molecule is C#C/C(C)=C(\C=C/C)C(/C)=N\C=C/C=C. The molecule has 78 valence electrons. The molecule has 0 saturated heterocycles. The zero-order valence-electron chi connectivity index (χ0n) is 9.62.